The van der Waals surface area contributed by atoms with Gasteiger partial charge in [-0.2, -0.15) is 0 Å². The average Bonchev–Trinajstić information content (AvgIpc) is 2.95. The Morgan fingerprint density at radius 3 is 2.76 bits per heavy atom. The summed E-state index contributed by atoms with van der Waals surface area (Å²) in [5.41, 5.74) is 3.51. The summed E-state index contributed by atoms with van der Waals surface area (Å²) < 4.78 is 2.11. The molecule has 0 fully saturated rings. The summed E-state index contributed by atoms with van der Waals surface area (Å²) in [5, 5.41) is 1.49. The summed E-state index contributed by atoms with van der Waals surface area (Å²) in [6.45, 7) is 2.10. The van der Waals surface area contributed by atoms with Gasteiger partial charge in [0.05, 0.1) is 5.69 Å². The van der Waals surface area contributed by atoms with Gasteiger partial charge in [-0.1, -0.05) is 47.6 Å². The number of aryl methyl sites for hydroxylation is 1. The normalized spacial score (nSPS) is 10.8. The van der Waals surface area contributed by atoms with Crippen LogP contribution in [0, 0.1) is 6.92 Å². The van der Waals surface area contributed by atoms with Crippen molar-refractivity contribution in [1.82, 2.24) is 14.5 Å². The van der Waals surface area contributed by atoms with E-state index >= 15 is 0 Å². The molecule has 0 unspecified atom stereocenters. The highest BCUT2D eigenvalue weighted by atomic mass is 35.5. The lowest BCUT2D eigenvalue weighted by Gasteiger charge is -2.10. The van der Waals surface area contributed by atoms with Crippen molar-refractivity contribution in [3.8, 4) is 5.69 Å². The van der Waals surface area contributed by atoms with Gasteiger partial charge in [0.1, 0.15) is 5.15 Å². The molecule has 3 aromatic rings. The van der Waals surface area contributed by atoms with Crippen molar-refractivity contribution in [1.29, 1.82) is 0 Å². The second-order valence-corrected chi connectivity index (χ2v) is 5.97. The Hall–Kier alpha value is -1.78. The number of rotatable bonds is 4. The molecule has 0 radical (unpaired) electrons. The van der Waals surface area contributed by atoms with Crippen LogP contribution in [0.1, 0.15) is 11.1 Å². The molecule has 0 aliphatic heterocycles. The third-order valence-electron chi connectivity index (χ3n) is 3.14. The largest absolute Gasteiger partial charge is 0.295 e. The number of thioether (sulfide) groups is 1. The van der Waals surface area contributed by atoms with E-state index in [1.807, 2.05) is 36.7 Å². The number of nitrogens with zero attached hydrogens (tertiary/aromatic N) is 3. The number of benzene rings is 1. The Morgan fingerprint density at radius 2 is 2.00 bits per heavy atom. The van der Waals surface area contributed by atoms with Gasteiger partial charge in [0.15, 0.2) is 5.16 Å². The average molecular weight is 316 g/mol. The molecular weight excluding hydrogens is 302 g/mol. The van der Waals surface area contributed by atoms with Gasteiger partial charge in [0, 0.05) is 24.3 Å². The summed E-state index contributed by atoms with van der Waals surface area (Å²) in [4.78, 5) is 8.54. The van der Waals surface area contributed by atoms with E-state index in [0.717, 1.165) is 22.2 Å². The molecule has 0 bridgehead atoms. The first-order valence-electron chi connectivity index (χ1n) is 6.56. The maximum absolute atomic E-state index is 5.80. The van der Waals surface area contributed by atoms with Crippen molar-refractivity contribution >= 4 is 23.4 Å². The molecule has 0 atom stereocenters. The number of imidazole rings is 1. The Balaban J connectivity index is 1.80. The first-order valence-corrected chi connectivity index (χ1v) is 7.93. The highest BCUT2D eigenvalue weighted by Gasteiger charge is 2.08. The van der Waals surface area contributed by atoms with E-state index in [1.165, 1.54) is 5.56 Å². The lowest BCUT2D eigenvalue weighted by Crippen LogP contribution is -1.97. The van der Waals surface area contributed by atoms with Crippen molar-refractivity contribution < 1.29 is 0 Å². The first kappa shape index (κ1) is 14.2. The maximum Gasteiger partial charge on any atom is 0.172 e. The van der Waals surface area contributed by atoms with Crippen LogP contribution in [0.15, 0.2) is 60.1 Å². The zero-order valence-corrected chi connectivity index (χ0v) is 13.1. The zero-order chi connectivity index (χ0) is 14.7. The maximum atomic E-state index is 5.80. The van der Waals surface area contributed by atoms with Crippen LogP contribution >= 0.6 is 23.4 Å². The summed E-state index contributed by atoms with van der Waals surface area (Å²) in [6.07, 6.45) is 5.62. The van der Waals surface area contributed by atoms with Gasteiger partial charge in [-0.25, -0.2) is 9.97 Å². The molecule has 106 valence electrons. The fraction of sp³-hybridized carbons (Fsp3) is 0.125. The SMILES string of the molecule is Cc1ccccc1-n1ccnc1SCc1ccc(Cl)nc1. The second-order valence-electron chi connectivity index (χ2n) is 4.64. The van der Waals surface area contributed by atoms with Crippen LogP contribution in [0.4, 0.5) is 0 Å². The topological polar surface area (TPSA) is 30.7 Å². The van der Waals surface area contributed by atoms with E-state index in [2.05, 4.69) is 33.6 Å². The molecule has 21 heavy (non-hydrogen) atoms. The zero-order valence-electron chi connectivity index (χ0n) is 11.5. The van der Waals surface area contributed by atoms with Gasteiger partial charge in [-0.3, -0.25) is 4.57 Å². The smallest absolute Gasteiger partial charge is 0.172 e. The number of hydrogen-bond donors (Lipinski definition) is 0. The van der Waals surface area contributed by atoms with Gasteiger partial charge in [-0.05, 0) is 30.2 Å². The molecule has 0 saturated heterocycles. The summed E-state index contributed by atoms with van der Waals surface area (Å²) in [6, 6.07) is 12.1. The molecule has 0 saturated carbocycles. The number of aromatic nitrogens is 3. The lowest BCUT2D eigenvalue weighted by molar-refractivity contribution is 0.887. The number of pyridine rings is 1. The predicted molar refractivity (Wildman–Crippen MR) is 87.1 cm³/mol. The van der Waals surface area contributed by atoms with Crippen LogP contribution in [0.5, 0.6) is 0 Å². The molecule has 1 aromatic carbocycles. The van der Waals surface area contributed by atoms with Crippen molar-refractivity contribution in [2.75, 3.05) is 0 Å². The van der Waals surface area contributed by atoms with Crippen LogP contribution in [-0.4, -0.2) is 14.5 Å². The number of para-hydroxylation sites is 1. The quantitative estimate of drug-likeness (QED) is 0.524. The Labute approximate surface area is 133 Å². The minimum atomic E-state index is 0.519. The van der Waals surface area contributed by atoms with Crippen molar-refractivity contribution in [3.05, 3.63) is 71.3 Å². The molecule has 0 spiro atoms. The van der Waals surface area contributed by atoms with Gasteiger partial charge in [-0.15, -0.1) is 0 Å². The van der Waals surface area contributed by atoms with Gasteiger partial charge >= 0.3 is 0 Å². The Morgan fingerprint density at radius 1 is 1.14 bits per heavy atom. The van der Waals surface area contributed by atoms with Crippen LogP contribution in [-0.2, 0) is 5.75 Å². The van der Waals surface area contributed by atoms with Crippen LogP contribution in [0.2, 0.25) is 5.15 Å². The van der Waals surface area contributed by atoms with E-state index < -0.39 is 0 Å². The van der Waals surface area contributed by atoms with Crippen molar-refractivity contribution in [3.63, 3.8) is 0 Å². The van der Waals surface area contributed by atoms with Crippen LogP contribution in [0.25, 0.3) is 5.69 Å². The molecular formula is C16H14ClN3S. The van der Waals surface area contributed by atoms with E-state index in [0.29, 0.717) is 5.15 Å². The van der Waals surface area contributed by atoms with Crippen LogP contribution < -0.4 is 0 Å². The molecule has 5 heteroatoms. The second kappa shape index (κ2) is 6.33. The Bertz CT molecular complexity index is 737. The number of halogens is 1. The van der Waals surface area contributed by atoms with E-state index in [9.17, 15) is 0 Å². The monoisotopic (exact) mass is 315 g/mol. The molecule has 0 N–H and O–H groups in total. The molecule has 0 aliphatic rings. The molecule has 0 amide bonds. The fourth-order valence-corrected chi connectivity index (χ4v) is 3.07. The molecule has 0 aliphatic carbocycles. The summed E-state index contributed by atoms with van der Waals surface area (Å²) >= 11 is 7.48. The lowest BCUT2D eigenvalue weighted by atomic mass is 10.2. The van der Waals surface area contributed by atoms with E-state index in [-0.39, 0.29) is 0 Å². The van der Waals surface area contributed by atoms with Crippen molar-refractivity contribution in [2.24, 2.45) is 0 Å². The minimum absolute atomic E-state index is 0.519. The summed E-state index contributed by atoms with van der Waals surface area (Å²) in [5.74, 6) is 0.813. The standard InChI is InChI=1S/C16H14ClN3S/c1-12-4-2-3-5-14(12)20-9-8-18-16(20)21-11-13-6-7-15(17)19-10-13/h2-10H,11H2,1H3. The van der Waals surface area contributed by atoms with Gasteiger partial charge in [0.25, 0.3) is 0 Å². The third kappa shape index (κ3) is 3.28. The summed E-state index contributed by atoms with van der Waals surface area (Å²) in [7, 11) is 0. The fourth-order valence-electron chi connectivity index (χ4n) is 2.05. The highest BCUT2D eigenvalue weighted by molar-refractivity contribution is 7.98. The molecule has 2 aromatic heterocycles. The van der Waals surface area contributed by atoms with Crippen molar-refractivity contribution in [2.45, 2.75) is 17.8 Å². The van der Waals surface area contributed by atoms with E-state index in [4.69, 9.17) is 11.6 Å². The number of hydrogen-bond acceptors (Lipinski definition) is 3. The van der Waals surface area contributed by atoms with E-state index in [1.54, 1.807) is 18.0 Å². The van der Waals surface area contributed by atoms with Gasteiger partial charge < -0.3 is 0 Å². The molecule has 2 heterocycles. The van der Waals surface area contributed by atoms with Crippen LogP contribution in [0.3, 0.4) is 0 Å². The highest BCUT2D eigenvalue weighted by Crippen LogP contribution is 2.25. The van der Waals surface area contributed by atoms with Gasteiger partial charge in [0.2, 0.25) is 0 Å². The Kier molecular flexibility index (Phi) is 4.27. The minimum Gasteiger partial charge on any atom is -0.295 e. The predicted octanol–water partition coefficient (Wildman–Crippen LogP) is 4.52. The third-order valence-corrected chi connectivity index (χ3v) is 4.40. The first-order chi connectivity index (χ1) is 10.2. The molecule has 3 rings (SSSR count). The molecule has 3 nitrogen and oxygen atoms in total.